The molecular formula is C9H17ClN2O. The van der Waals surface area contributed by atoms with E-state index in [0.717, 1.165) is 32.6 Å². The molecule has 1 fully saturated rings. The Kier molecular flexibility index (Phi) is 4.00. The first-order valence-electron chi connectivity index (χ1n) is 4.87. The summed E-state index contributed by atoms with van der Waals surface area (Å²) in [6.07, 6.45) is 1.06. The Morgan fingerprint density at radius 3 is 2.54 bits per heavy atom. The number of hydrogen-bond donors (Lipinski definition) is 0. The highest BCUT2D eigenvalue weighted by Crippen LogP contribution is 2.16. The molecule has 1 amide bonds. The van der Waals surface area contributed by atoms with Crippen molar-refractivity contribution in [2.45, 2.75) is 26.3 Å². The van der Waals surface area contributed by atoms with Crippen molar-refractivity contribution in [1.29, 1.82) is 0 Å². The van der Waals surface area contributed by atoms with E-state index in [9.17, 15) is 4.79 Å². The van der Waals surface area contributed by atoms with Crippen molar-refractivity contribution in [2.24, 2.45) is 0 Å². The van der Waals surface area contributed by atoms with E-state index in [-0.39, 0.29) is 5.37 Å². The van der Waals surface area contributed by atoms with Gasteiger partial charge in [0.1, 0.15) is 0 Å². The molecule has 3 nitrogen and oxygen atoms in total. The first kappa shape index (κ1) is 10.8. The molecular weight excluding hydrogens is 188 g/mol. The molecule has 0 aromatic heterocycles. The Morgan fingerprint density at radius 2 is 2.15 bits per heavy atom. The predicted octanol–water partition coefficient (Wildman–Crippen LogP) is 1.76. The summed E-state index contributed by atoms with van der Waals surface area (Å²) in [5.41, 5.74) is 0. The van der Waals surface area contributed by atoms with Gasteiger partial charge in [-0.3, -0.25) is 9.69 Å². The molecule has 0 aliphatic carbocycles. The van der Waals surface area contributed by atoms with Gasteiger partial charge in [-0.1, -0.05) is 13.8 Å². The van der Waals surface area contributed by atoms with Crippen molar-refractivity contribution in [1.82, 2.24) is 9.80 Å². The molecule has 1 aliphatic rings. The monoisotopic (exact) mass is 204 g/mol. The van der Waals surface area contributed by atoms with Crippen LogP contribution in [0.2, 0.25) is 0 Å². The molecule has 13 heavy (non-hydrogen) atoms. The van der Waals surface area contributed by atoms with Crippen LogP contribution in [-0.4, -0.2) is 47.4 Å². The molecule has 0 N–H and O–H groups in total. The molecule has 0 saturated carbocycles. The zero-order valence-electron chi connectivity index (χ0n) is 8.29. The lowest BCUT2D eigenvalue weighted by Crippen LogP contribution is -2.37. The molecule has 0 aromatic rings. The fraction of sp³-hybridized carbons (Fsp3) is 0.889. The van der Waals surface area contributed by atoms with Gasteiger partial charge >= 0.3 is 5.37 Å². The number of amides is 1. The maximum absolute atomic E-state index is 10.9. The van der Waals surface area contributed by atoms with Crippen LogP contribution in [0.25, 0.3) is 0 Å². The average molecular weight is 205 g/mol. The number of carbonyl (C=O) groups excluding carboxylic acids is 1. The van der Waals surface area contributed by atoms with Crippen molar-refractivity contribution >= 4 is 17.0 Å². The Labute approximate surface area is 84.6 Å². The third-order valence-corrected chi connectivity index (χ3v) is 2.98. The summed E-state index contributed by atoms with van der Waals surface area (Å²) in [5.74, 6) is 0. The van der Waals surface area contributed by atoms with Crippen molar-refractivity contribution in [3.63, 3.8) is 0 Å². The molecule has 1 aliphatic heterocycles. The van der Waals surface area contributed by atoms with Gasteiger partial charge in [0.25, 0.3) is 0 Å². The zero-order chi connectivity index (χ0) is 9.84. The van der Waals surface area contributed by atoms with Crippen LogP contribution in [0.4, 0.5) is 4.79 Å². The molecule has 0 bridgehead atoms. The number of carbonyl (C=O) groups is 1. The summed E-state index contributed by atoms with van der Waals surface area (Å²) < 4.78 is 0. The third kappa shape index (κ3) is 2.58. The maximum atomic E-state index is 10.9. The van der Waals surface area contributed by atoms with E-state index in [1.54, 1.807) is 4.90 Å². The number of likely N-dealkylation sites (tertiary alicyclic amines) is 1. The molecule has 0 radical (unpaired) electrons. The zero-order valence-corrected chi connectivity index (χ0v) is 9.05. The van der Waals surface area contributed by atoms with Crippen LogP contribution in [0.15, 0.2) is 0 Å². The van der Waals surface area contributed by atoms with Gasteiger partial charge in [0.2, 0.25) is 0 Å². The van der Waals surface area contributed by atoms with Crippen molar-refractivity contribution in [2.75, 3.05) is 26.2 Å². The number of hydrogen-bond acceptors (Lipinski definition) is 2. The molecule has 76 valence electrons. The van der Waals surface area contributed by atoms with E-state index in [4.69, 9.17) is 11.6 Å². The number of nitrogens with zero attached hydrogens (tertiary/aromatic N) is 2. The van der Waals surface area contributed by atoms with Crippen LogP contribution >= 0.6 is 11.6 Å². The fourth-order valence-corrected chi connectivity index (χ4v) is 2.09. The van der Waals surface area contributed by atoms with E-state index >= 15 is 0 Å². The largest absolute Gasteiger partial charge is 0.328 e. The molecule has 1 saturated heterocycles. The minimum Gasteiger partial charge on any atom is -0.328 e. The summed E-state index contributed by atoms with van der Waals surface area (Å²) in [5, 5.41) is -0.311. The van der Waals surface area contributed by atoms with Gasteiger partial charge in [-0.25, -0.2) is 0 Å². The lowest BCUT2D eigenvalue weighted by molar-refractivity contribution is 0.207. The van der Waals surface area contributed by atoms with Gasteiger partial charge in [0.05, 0.1) is 0 Å². The SMILES string of the molecule is CCN(CC)[C@@H]1CCN(C(=O)Cl)C1. The Morgan fingerprint density at radius 1 is 1.54 bits per heavy atom. The second kappa shape index (κ2) is 4.82. The minimum atomic E-state index is -0.311. The van der Waals surface area contributed by atoms with E-state index in [1.165, 1.54) is 0 Å². The summed E-state index contributed by atoms with van der Waals surface area (Å²) in [7, 11) is 0. The highest BCUT2D eigenvalue weighted by Gasteiger charge is 2.27. The maximum Gasteiger partial charge on any atom is 0.316 e. The van der Waals surface area contributed by atoms with Crippen molar-refractivity contribution in [3.05, 3.63) is 0 Å². The van der Waals surface area contributed by atoms with Crippen LogP contribution < -0.4 is 0 Å². The molecule has 0 unspecified atom stereocenters. The summed E-state index contributed by atoms with van der Waals surface area (Å²) in [6.45, 7) is 7.99. The Balaban J connectivity index is 2.43. The summed E-state index contributed by atoms with van der Waals surface area (Å²) in [6, 6.07) is 0.512. The molecule has 1 atom stereocenters. The molecule has 0 aromatic carbocycles. The average Bonchev–Trinajstić information content (AvgIpc) is 2.56. The normalized spacial score (nSPS) is 22.8. The molecule has 1 rings (SSSR count). The van der Waals surface area contributed by atoms with Gasteiger partial charge in [0.15, 0.2) is 0 Å². The second-order valence-corrected chi connectivity index (χ2v) is 3.69. The predicted molar refractivity (Wildman–Crippen MR) is 54.1 cm³/mol. The van der Waals surface area contributed by atoms with Gasteiger partial charge in [0, 0.05) is 19.1 Å². The first-order chi connectivity index (χ1) is 6.19. The number of likely N-dealkylation sites (N-methyl/N-ethyl adjacent to an activating group) is 1. The first-order valence-corrected chi connectivity index (χ1v) is 5.25. The van der Waals surface area contributed by atoms with Gasteiger partial charge in [-0.2, -0.15) is 0 Å². The van der Waals surface area contributed by atoms with Crippen molar-refractivity contribution in [3.8, 4) is 0 Å². The van der Waals surface area contributed by atoms with E-state index < -0.39 is 0 Å². The lowest BCUT2D eigenvalue weighted by atomic mass is 10.2. The van der Waals surface area contributed by atoms with E-state index in [1.807, 2.05) is 0 Å². The minimum absolute atomic E-state index is 0.311. The third-order valence-electron chi connectivity index (χ3n) is 2.74. The standard InChI is InChI=1S/C9H17ClN2O/c1-3-11(4-2)8-5-6-12(7-8)9(10)13/h8H,3-7H2,1-2H3/t8-/m1/s1. The topological polar surface area (TPSA) is 23.6 Å². The van der Waals surface area contributed by atoms with Gasteiger partial charge in [-0.15, -0.1) is 0 Å². The quantitative estimate of drug-likeness (QED) is 0.517. The van der Waals surface area contributed by atoms with Crippen molar-refractivity contribution < 1.29 is 4.79 Å². The number of rotatable bonds is 3. The van der Waals surface area contributed by atoms with Crippen LogP contribution in [0.3, 0.4) is 0 Å². The van der Waals surface area contributed by atoms with E-state index in [0.29, 0.717) is 6.04 Å². The van der Waals surface area contributed by atoms with Gasteiger partial charge in [-0.05, 0) is 31.1 Å². The van der Waals surface area contributed by atoms with Crippen LogP contribution in [0.5, 0.6) is 0 Å². The highest BCUT2D eigenvalue weighted by molar-refractivity contribution is 6.62. The lowest BCUT2D eigenvalue weighted by Gasteiger charge is -2.25. The van der Waals surface area contributed by atoms with Crippen LogP contribution in [-0.2, 0) is 0 Å². The Bertz CT molecular complexity index is 182. The summed E-state index contributed by atoms with van der Waals surface area (Å²) in [4.78, 5) is 15.0. The Hall–Kier alpha value is -0.280. The summed E-state index contributed by atoms with van der Waals surface area (Å²) >= 11 is 5.41. The molecule has 0 spiro atoms. The van der Waals surface area contributed by atoms with E-state index in [2.05, 4.69) is 18.7 Å². The highest BCUT2D eigenvalue weighted by atomic mass is 35.5. The molecule has 1 heterocycles. The van der Waals surface area contributed by atoms with Crippen LogP contribution in [0, 0.1) is 0 Å². The second-order valence-electron chi connectivity index (χ2n) is 3.36. The number of halogens is 1. The smallest absolute Gasteiger partial charge is 0.316 e. The van der Waals surface area contributed by atoms with Gasteiger partial charge < -0.3 is 4.90 Å². The van der Waals surface area contributed by atoms with Crippen LogP contribution in [0.1, 0.15) is 20.3 Å². The molecule has 4 heteroatoms. The fourth-order valence-electron chi connectivity index (χ4n) is 1.94.